The molecule has 3 rings (SSSR count). The Morgan fingerprint density at radius 3 is 2.59 bits per heavy atom. The van der Waals surface area contributed by atoms with Gasteiger partial charge in [-0.3, -0.25) is 9.10 Å². The van der Waals surface area contributed by atoms with Gasteiger partial charge in [0, 0.05) is 32.9 Å². The third-order valence-corrected chi connectivity index (χ3v) is 6.54. The maximum absolute atomic E-state index is 13.4. The number of benzene rings is 1. The van der Waals surface area contributed by atoms with Gasteiger partial charge in [-0.1, -0.05) is 0 Å². The maximum Gasteiger partial charge on any atom is 0.255 e. The number of halogens is 2. The number of methoxy groups -OCH3 is 1. The van der Waals surface area contributed by atoms with Gasteiger partial charge < -0.3 is 19.2 Å². The van der Waals surface area contributed by atoms with Gasteiger partial charge in [-0.05, 0) is 65.8 Å². The van der Waals surface area contributed by atoms with Crippen molar-refractivity contribution in [2.45, 2.75) is 12.8 Å². The van der Waals surface area contributed by atoms with E-state index in [4.69, 9.17) is 13.9 Å². The molecule has 0 spiro atoms. The van der Waals surface area contributed by atoms with Crippen LogP contribution in [0.5, 0.6) is 0 Å². The van der Waals surface area contributed by atoms with Crippen LogP contribution in [0.3, 0.4) is 0 Å². The summed E-state index contributed by atoms with van der Waals surface area (Å²) in [7, 11) is 0.122. The minimum Gasteiger partial charge on any atom is -0.437 e. The van der Waals surface area contributed by atoms with Crippen molar-refractivity contribution in [1.29, 1.82) is 0 Å². The first-order valence-electron chi connectivity index (χ1n) is 10.5. The van der Waals surface area contributed by atoms with Gasteiger partial charge in [0.05, 0.1) is 27.7 Å². The van der Waals surface area contributed by atoms with E-state index in [1.54, 1.807) is 13.2 Å². The van der Waals surface area contributed by atoms with Gasteiger partial charge in [0.15, 0.2) is 5.82 Å². The number of unbranched alkanes of at least 4 members (excludes halogenated alkanes) is 1. The van der Waals surface area contributed by atoms with Crippen LogP contribution in [0.15, 0.2) is 34.7 Å². The van der Waals surface area contributed by atoms with E-state index >= 15 is 0 Å². The average Bonchev–Trinajstić information content (AvgIpc) is 3.18. The molecule has 12 heteroatoms. The Bertz CT molecular complexity index is 1210. The number of nitrogens with zero attached hydrogens (tertiary/aromatic N) is 2. The van der Waals surface area contributed by atoms with E-state index in [1.807, 2.05) is 22.6 Å². The standard InChI is InChI=1S/C22H25FIN3O6S/c1-25-21(28)18-16-13-17(24)20(27(34(29)30)9-3-4-10-32-12-11-31-2)26-22(16)33-19(18)14-5-7-15(23)8-6-14/h5-8,13,34H,3-4,9-12H2,1-2H3,(H,25,28). The molecule has 0 bridgehead atoms. The van der Waals surface area contributed by atoms with Crippen molar-refractivity contribution >= 4 is 56.3 Å². The van der Waals surface area contributed by atoms with E-state index in [9.17, 15) is 17.6 Å². The molecule has 1 N–H and O–H groups in total. The van der Waals surface area contributed by atoms with Crippen molar-refractivity contribution < 1.29 is 31.5 Å². The highest BCUT2D eigenvalue weighted by Gasteiger charge is 2.25. The monoisotopic (exact) mass is 605 g/mol. The molecule has 0 saturated carbocycles. The van der Waals surface area contributed by atoms with Crippen LogP contribution in [0.25, 0.3) is 22.4 Å². The number of carbonyl (C=O) groups is 1. The van der Waals surface area contributed by atoms with Crippen molar-refractivity contribution in [3.63, 3.8) is 0 Å². The number of furan rings is 1. The lowest BCUT2D eigenvalue weighted by Crippen LogP contribution is -2.25. The second kappa shape index (κ2) is 12.4. The van der Waals surface area contributed by atoms with E-state index in [2.05, 4.69) is 10.3 Å². The molecule has 3 aromatic rings. The Labute approximate surface area is 211 Å². The van der Waals surface area contributed by atoms with Crippen LogP contribution in [-0.2, 0) is 20.4 Å². The fourth-order valence-electron chi connectivity index (χ4n) is 3.30. The van der Waals surface area contributed by atoms with E-state index in [1.165, 1.54) is 35.6 Å². The van der Waals surface area contributed by atoms with Gasteiger partial charge >= 0.3 is 0 Å². The number of aromatic nitrogens is 1. The molecule has 0 unspecified atom stereocenters. The summed E-state index contributed by atoms with van der Waals surface area (Å²) in [5.41, 5.74) is 0.847. The molecule has 2 aromatic heterocycles. The molecule has 1 aromatic carbocycles. The SMILES string of the molecule is CNC(=O)c1c(-c2ccc(F)cc2)oc2nc(N(CCCCOCCOC)[SH](=O)=O)c(I)cc12. The Hall–Kier alpha value is -2.29. The average molecular weight is 605 g/mol. The number of thiol groups is 1. The zero-order chi connectivity index (χ0) is 24.7. The van der Waals surface area contributed by atoms with Gasteiger partial charge in [-0.25, -0.2) is 12.8 Å². The van der Waals surface area contributed by atoms with Crippen LogP contribution in [0, 0.1) is 9.39 Å². The molecule has 0 radical (unpaired) electrons. The number of nitrogens with one attached hydrogen (secondary N) is 1. The molecule has 2 heterocycles. The Morgan fingerprint density at radius 2 is 1.94 bits per heavy atom. The number of pyridine rings is 1. The fraction of sp³-hybridized carbons (Fsp3) is 0.364. The molecule has 184 valence electrons. The van der Waals surface area contributed by atoms with Crippen LogP contribution < -0.4 is 9.62 Å². The van der Waals surface area contributed by atoms with E-state index in [0.717, 1.165) is 0 Å². The van der Waals surface area contributed by atoms with Crippen LogP contribution in [0.4, 0.5) is 10.2 Å². The van der Waals surface area contributed by atoms with Gasteiger partial charge in [0.1, 0.15) is 11.6 Å². The normalized spacial score (nSPS) is 11.3. The van der Waals surface area contributed by atoms with E-state index in [0.29, 0.717) is 47.2 Å². The maximum atomic E-state index is 13.4. The van der Waals surface area contributed by atoms with Crippen LogP contribution in [0.1, 0.15) is 23.2 Å². The molecule has 0 aliphatic rings. The van der Waals surface area contributed by atoms with Gasteiger partial charge in [-0.15, -0.1) is 0 Å². The number of ether oxygens (including phenoxy) is 2. The summed E-state index contributed by atoms with van der Waals surface area (Å²) in [5.74, 6) is -0.382. The topological polar surface area (TPSA) is 111 Å². The van der Waals surface area contributed by atoms with Crippen LogP contribution >= 0.6 is 22.6 Å². The van der Waals surface area contributed by atoms with Crippen molar-refractivity contribution in [3.8, 4) is 11.3 Å². The summed E-state index contributed by atoms with van der Waals surface area (Å²) in [5, 5.41) is 3.01. The minimum atomic E-state index is -2.96. The number of rotatable bonds is 12. The van der Waals surface area contributed by atoms with E-state index < -0.39 is 22.6 Å². The predicted molar refractivity (Wildman–Crippen MR) is 135 cm³/mol. The van der Waals surface area contributed by atoms with Gasteiger partial charge in [-0.2, -0.15) is 4.98 Å². The smallest absolute Gasteiger partial charge is 0.255 e. The lowest BCUT2D eigenvalue weighted by atomic mass is 10.1. The molecule has 0 atom stereocenters. The summed E-state index contributed by atoms with van der Waals surface area (Å²) in [6, 6.07) is 7.20. The molecule has 9 nitrogen and oxygen atoms in total. The highest BCUT2D eigenvalue weighted by Crippen LogP contribution is 2.36. The summed E-state index contributed by atoms with van der Waals surface area (Å²) >= 11 is 1.99. The quantitative estimate of drug-likeness (QED) is 0.185. The Balaban J connectivity index is 1.93. The summed E-state index contributed by atoms with van der Waals surface area (Å²) < 4.78 is 55.4. The zero-order valence-electron chi connectivity index (χ0n) is 18.7. The second-order valence-corrected chi connectivity index (χ2v) is 9.33. The van der Waals surface area contributed by atoms with Crippen molar-refractivity contribution in [2.24, 2.45) is 0 Å². The molecule has 0 aliphatic heterocycles. The highest BCUT2D eigenvalue weighted by molar-refractivity contribution is 14.1. The molecular weight excluding hydrogens is 580 g/mol. The Kier molecular flexibility index (Phi) is 9.62. The number of anilines is 1. The number of amides is 1. The molecule has 34 heavy (non-hydrogen) atoms. The summed E-state index contributed by atoms with van der Waals surface area (Å²) in [6.07, 6.45) is 1.23. The van der Waals surface area contributed by atoms with Crippen LogP contribution in [-0.4, -0.2) is 59.8 Å². The zero-order valence-corrected chi connectivity index (χ0v) is 21.7. The largest absolute Gasteiger partial charge is 0.437 e. The Morgan fingerprint density at radius 1 is 1.21 bits per heavy atom. The lowest BCUT2D eigenvalue weighted by molar-refractivity contribution is 0.0690. The third-order valence-electron chi connectivity index (χ3n) is 4.96. The van der Waals surface area contributed by atoms with Crippen molar-refractivity contribution in [3.05, 3.63) is 45.3 Å². The number of hydrogen-bond donors (Lipinski definition) is 2. The molecule has 1 amide bonds. The number of carbonyl (C=O) groups excluding carboxylic acids is 1. The molecular formula is C22H25FIN3O6S. The summed E-state index contributed by atoms with van der Waals surface area (Å²) in [6.45, 7) is 1.69. The van der Waals surface area contributed by atoms with E-state index in [-0.39, 0.29) is 29.4 Å². The lowest BCUT2D eigenvalue weighted by Gasteiger charge is -2.17. The van der Waals surface area contributed by atoms with Gasteiger partial charge in [0.2, 0.25) is 16.6 Å². The number of fused-ring (bicyclic) bond motifs is 1. The first-order valence-corrected chi connectivity index (χ1v) is 12.7. The molecule has 0 aliphatic carbocycles. The van der Waals surface area contributed by atoms with Crippen molar-refractivity contribution in [2.75, 3.05) is 44.8 Å². The molecule has 0 saturated heterocycles. The second-order valence-electron chi connectivity index (χ2n) is 7.21. The summed E-state index contributed by atoms with van der Waals surface area (Å²) in [4.78, 5) is 17.1. The van der Waals surface area contributed by atoms with Crippen LogP contribution in [0.2, 0.25) is 0 Å². The first-order chi connectivity index (χ1) is 16.4. The van der Waals surface area contributed by atoms with Gasteiger partial charge in [0.25, 0.3) is 5.91 Å². The highest BCUT2D eigenvalue weighted by atomic mass is 127. The molecule has 0 fully saturated rings. The first kappa shape index (κ1) is 26.3. The third kappa shape index (κ3) is 6.23. The minimum absolute atomic E-state index is 0.109. The number of hydrogen-bond acceptors (Lipinski definition) is 7. The van der Waals surface area contributed by atoms with Crippen molar-refractivity contribution in [1.82, 2.24) is 10.3 Å². The predicted octanol–water partition coefficient (Wildman–Crippen LogP) is 3.37. The fourth-order valence-corrected chi connectivity index (χ4v) is 4.83.